The highest BCUT2D eigenvalue weighted by Crippen LogP contribution is 2.23. The van der Waals surface area contributed by atoms with E-state index in [1.54, 1.807) is 18.5 Å². The Kier molecular flexibility index (Phi) is 4.46. The smallest absolute Gasteiger partial charge is 0.268 e. The van der Waals surface area contributed by atoms with Gasteiger partial charge in [-0.1, -0.05) is 29.8 Å². The van der Waals surface area contributed by atoms with Gasteiger partial charge in [0, 0.05) is 29.9 Å². The molecule has 0 radical (unpaired) electrons. The zero-order valence-electron chi connectivity index (χ0n) is 13.9. The number of amides is 1. The lowest BCUT2D eigenvalue weighted by molar-refractivity contribution is 0.0942. The molecule has 1 N–H and O–H groups in total. The largest absolute Gasteiger partial charge is 0.463 e. The van der Waals surface area contributed by atoms with Crippen LogP contribution in [-0.4, -0.2) is 15.5 Å². The number of hydrogen-bond acceptors (Lipinski definition) is 3. The van der Waals surface area contributed by atoms with E-state index in [1.165, 1.54) is 0 Å². The molecule has 0 aliphatic heterocycles. The van der Waals surface area contributed by atoms with Crippen LogP contribution >= 0.6 is 11.6 Å². The second kappa shape index (κ2) is 7.06. The van der Waals surface area contributed by atoms with Gasteiger partial charge in [-0.2, -0.15) is 0 Å². The Morgan fingerprint density at radius 1 is 1.15 bits per heavy atom. The van der Waals surface area contributed by atoms with Crippen LogP contribution in [0.5, 0.6) is 0 Å². The van der Waals surface area contributed by atoms with Gasteiger partial charge in [-0.3, -0.25) is 9.78 Å². The minimum Gasteiger partial charge on any atom is -0.463 e. The second-order valence-corrected chi connectivity index (χ2v) is 6.36. The molecule has 0 saturated heterocycles. The highest BCUT2D eigenvalue weighted by atomic mass is 35.5. The summed E-state index contributed by atoms with van der Waals surface area (Å²) < 4.78 is 7.40. The molecule has 26 heavy (non-hydrogen) atoms. The number of nitrogens with zero attached hydrogens (tertiary/aromatic N) is 2. The van der Waals surface area contributed by atoms with Crippen molar-refractivity contribution in [3.8, 4) is 0 Å². The summed E-state index contributed by atoms with van der Waals surface area (Å²) in [7, 11) is 0. The van der Waals surface area contributed by atoms with Crippen LogP contribution < -0.4 is 5.32 Å². The maximum atomic E-state index is 12.7. The van der Waals surface area contributed by atoms with E-state index >= 15 is 0 Å². The van der Waals surface area contributed by atoms with Crippen molar-refractivity contribution in [3.63, 3.8) is 0 Å². The fraction of sp³-hybridized carbons (Fsp3) is 0.100. The van der Waals surface area contributed by atoms with Crippen molar-refractivity contribution in [1.29, 1.82) is 0 Å². The predicted molar refractivity (Wildman–Crippen MR) is 100 cm³/mol. The third kappa shape index (κ3) is 3.34. The first-order chi connectivity index (χ1) is 12.7. The first kappa shape index (κ1) is 16.4. The van der Waals surface area contributed by atoms with Gasteiger partial charge in [-0.05, 0) is 29.8 Å². The molecule has 0 fully saturated rings. The summed E-state index contributed by atoms with van der Waals surface area (Å²) in [6.07, 6.45) is 3.32. The number of furan rings is 1. The monoisotopic (exact) mass is 365 g/mol. The van der Waals surface area contributed by atoms with Crippen molar-refractivity contribution in [2.24, 2.45) is 0 Å². The van der Waals surface area contributed by atoms with Gasteiger partial charge in [0.15, 0.2) is 5.58 Å². The molecule has 4 aromatic rings. The summed E-state index contributed by atoms with van der Waals surface area (Å²) in [5, 5.41) is 3.58. The van der Waals surface area contributed by atoms with E-state index in [0.717, 1.165) is 16.8 Å². The van der Waals surface area contributed by atoms with Gasteiger partial charge in [0.1, 0.15) is 5.69 Å². The first-order valence-corrected chi connectivity index (χ1v) is 8.58. The molecule has 0 aliphatic carbocycles. The topological polar surface area (TPSA) is 60.1 Å². The van der Waals surface area contributed by atoms with Crippen molar-refractivity contribution in [1.82, 2.24) is 14.9 Å². The standard InChI is InChI=1S/C20H16ClN3O2/c21-15-5-3-4-14(10-15)13-24-17-7-9-26-19(17)11-18(24)20(25)23-12-16-6-1-2-8-22-16/h1-11H,12-13H2,(H,23,25). The molecule has 5 nitrogen and oxygen atoms in total. The fourth-order valence-corrected chi connectivity index (χ4v) is 3.13. The number of rotatable bonds is 5. The molecule has 0 bridgehead atoms. The van der Waals surface area contributed by atoms with Crippen LogP contribution in [0, 0.1) is 0 Å². The SMILES string of the molecule is O=C(NCc1ccccn1)c1cc2occc2n1Cc1cccc(Cl)c1. The maximum Gasteiger partial charge on any atom is 0.268 e. The highest BCUT2D eigenvalue weighted by molar-refractivity contribution is 6.30. The number of halogens is 1. The van der Waals surface area contributed by atoms with Crippen LogP contribution in [0.3, 0.4) is 0 Å². The van der Waals surface area contributed by atoms with Crippen LogP contribution in [0.4, 0.5) is 0 Å². The second-order valence-electron chi connectivity index (χ2n) is 5.92. The minimum atomic E-state index is -0.177. The van der Waals surface area contributed by atoms with Crippen molar-refractivity contribution in [2.75, 3.05) is 0 Å². The summed E-state index contributed by atoms with van der Waals surface area (Å²) in [6, 6.07) is 16.8. The van der Waals surface area contributed by atoms with Gasteiger partial charge in [0.2, 0.25) is 0 Å². The molecule has 0 unspecified atom stereocenters. The third-order valence-corrected chi connectivity index (χ3v) is 4.38. The number of hydrogen-bond donors (Lipinski definition) is 1. The van der Waals surface area contributed by atoms with E-state index in [1.807, 2.05) is 53.1 Å². The highest BCUT2D eigenvalue weighted by Gasteiger charge is 2.17. The van der Waals surface area contributed by atoms with E-state index in [2.05, 4.69) is 10.3 Å². The maximum absolute atomic E-state index is 12.7. The lowest BCUT2D eigenvalue weighted by atomic mass is 10.2. The molecule has 1 amide bonds. The molecule has 0 aliphatic rings. The average molecular weight is 366 g/mol. The molecule has 130 valence electrons. The van der Waals surface area contributed by atoms with E-state index in [0.29, 0.717) is 29.4 Å². The fourth-order valence-electron chi connectivity index (χ4n) is 2.92. The Labute approximate surface area is 155 Å². The number of pyridine rings is 1. The summed E-state index contributed by atoms with van der Waals surface area (Å²) >= 11 is 6.09. The summed E-state index contributed by atoms with van der Waals surface area (Å²) in [5.74, 6) is -0.177. The molecule has 0 atom stereocenters. The number of carbonyl (C=O) groups is 1. The van der Waals surface area contributed by atoms with E-state index in [4.69, 9.17) is 16.0 Å². The zero-order valence-corrected chi connectivity index (χ0v) is 14.6. The number of benzene rings is 1. The van der Waals surface area contributed by atoms with Crippen molar-refractivity contribution >= 4 is 28.6 Å². The molecule has 3 aromatic heterocycles. The van der Waals surface area contributed by atoms with Crippen LogP contribution in [0.15, 0.2) is 71.5 Å². The molecular weight excluding hydrogens is 350 g/mol. The van der Waals surface area contributed by atoms with Crippen LogP contribution in [0.1, 0.15) is 21.7 Å². The number of nitrogens with one attached hydrogen (secondary N) is 1. The van der Waals surface area contributed by atoms with Gasteiger partial charge in [-0.15, -0.1) is 0 Å². The zero-order chi connectivity index (χ0) is 17.9. The third-order valence-electron chi connectivity index (χ3n) is 4.14. The normalized spacial score (nSPS) is 11.0. The molecular formula is C20H16ClN3O2. The van der Waals surface area contributed by atoms with Crippen LogP contribution in [0.2, 0.25) is 5.02 Å². The van der Waals surface area contributed by atoms with Gasteiger partial charge in [0.05, 0.1) is 24.0 Å². The van der Waals surface area contributed by atoms with Gasteiger partial charge in [-0.25, -0.2) is 0 Å². The van der Waals surface area contributed by atoms with Gasteiger partial charge in [0.25, 0.3) is 5.91 Å². The Balaban J connectivity index is 1.62. The Hall–Kier alpha value is -3.05. The van der Waals surface area contributed by atoms with Crippen molar-refractivity contribution in [3.05, 3.63) is 89.0 Å². The summed E-state index contributed by atoms with van der Waals surface area (Å²) in [4.78, 5) is 17.0. The van der Waals surface area contributed by atoms with Crippen LogP contribution in [-0.2, 0) is 13.1 Å². The molecule has 4 rings (SSSR count). The Morgan fingerprint density at radius 3 is 2.88 bits per heavy atom. The quantitative estimate of drug-likeness (QED) is 0.574. The Morgan fingerprint density at radius 2 is 2.08 bits per heavy atom. The van der Waals surface area contributed by atoms with Crippen LogP contribution in [0.25, 0.3) is 11.1 Å². The molecule has 0 saturated carbocycles. The lowest BCUT2D eigenvalue weighted by Crippen LogP contribution is -2.26. The number of carbonyl (C=O) groups excluding carboxylic acids is 1. The summed E-state index contributed by atoms with van der Waals surface area (Å²) in [5.41, 5.74) is 3.89. The van der Waals surface area contributed by atoms with Gasteiger partial charge < -0.3 is 14.3 Å². The predicted octanol–water partition coefficient (Wildman–Crippen LogP) is 4.26. The van der Waals surface area contributed by atoms with Crippen molar-refractivity contribution < 1.29 is 9.21 Å². The molecule has 6 heteroatoms. The van der Waals surface area contributed by atoms with Gasteiger partial charge >= 0.3 is 0 Å². The lowest BCUT2D eigenvalue weighted by Gasteiger charge is -2.11. The minimum absolute atomic E-state index is 0.177. The number of fused-ring (bicyclic) bond motifs is 1. The Bertz CT molecular complexity index is 1050. The molecule has 0 spiro atoms. The first-order valence-electron chi connectivity index (χ1n) is 8.20. The molecule has 3 heterocycles. The summed E-state index contributed by atoms with van der Waals surface area (Å²) in [6.45, 7) is 0.888. The van der Waals surface area contributed by atoms with E-state index in [-0.39, 0.29) is 5.91 Å². The molecule has 1 aromatic carbocycles. The van der Waals surface area contributed by atoms with E-state index < -0.39 is 0 Å². The van der Waals surface area contributed by atoms with Crippen molar-refractivity contribution in [2.45, 2.75) is 13.1 Å². The average Bonchev–Trinajstić information content (AvgIpc) is 3.23. The van der Waals surface area contributed by atoms with E-state index in [9.17, 15) is 4.79 Å². The number of aromatic nitrogens is 2.